The Kier molecular flexibility index (Phi) is 6.05. The Labute approximate surface area is 200 Å². The van der Waals surface area contributed by atoms with Crippen molar-refractivity contribution in [3.8, 4) is 10.6 Å². The quantitative estimate of drug-likeness (QED) is 0.387. The van der Waals surface area contributed by atoms with E-state index in [4.69, 9.17) is 4.98 Å². The Hall–Kier alpha value is -2.95. The molecule has 2 aromatic heterocycles. The lowest BCUT2D eigenvalue weighted by Gasteiger charge is -2.13. The number of likely N-dealkylation sites (tertiary alicyclic amines) is 1. The number of benzene rings is 2. The fourth-order valence-corrected chi connectivity index (χ4v) is 6.31. The topological polar surface area (TPSA) is 75.2 Å². The van der Waals surface area contributed by atoms with Crippen LogP contribution < -0.4 is 4.72 Å². The molecule has 0 atom stereocenters. The highest BCUT2D eigenvalue weighted by molar-refractivity contribution is 7.92. The third-order valence-corrected chi connectivity index (χ3v) is 8.29. The summed E-state index contributed by atoms with van der Waals surface area (Å²) < 4.78 is 55.5. The Balaban J connectivity index is 1.45. The summed E-state index contributed by atoms with van der Waals surface area (Å²) in [5.74, 6) is -1.86. The average Bonchev–Trinajstić information content (AvgIpc) is 3.46. The number of halogens is 2. The molecule has 10 heteroatoms. The fraction of sp³-hybridized carbons (Fsp3) is 0.250. The largest absolute Gasteiger partial charge is 0.299 e. The standard InChI is InChI=1S/C24H22F2N4O2S2/c1-15-18(5-4-6-20(15)29-34(31,32)22-12-17(25)7-8-19(22)26)23-28-21-11-16(13-27-24(21)33-23)14-30-9-2-3-10-30/h4-8,11-13,29H,2-3,9-10,14H2,1H3. The van der Waals surface area contributed by atoms with Crippen molar-refractivity contribution >= 4 is 37.4 Å². The number of aromatic nitrogens is 2. The maximum absolute atomic E-state index is 14.1. The van der Waals surface area contributed by atoms with Crippen LogP contribution in [0.2, 0.25) is 0 Å². The third kappa shape index (κ3) is 4.53. The monoisotopic (exact) mass is 500 g/mol. The van der Waals surface area contributed by atoms with Gasteiger partial charge in [-0.2, -0.15) is 0 Å². The minimum Gasteiger partial charge on any atom is -0.299 e. The average molecular weight is 501 g/mol. The van der Waals surface area contributed by atoms with Gasteiger partial charge in [-0.05, 0) is 74.3 Å². The molecule has 0 amide bonds. The first-order valence-electron chi connectivity index (χ1n) is 10.9. The van der Waals surface area contributed by atoms with E-state index in [0.29, 0.717) is 16.6 Å². The molecule has 1 saturated heterocycles. The summed E-state index contributed by atoms with van der Waals surface area (Å²) in [5, 5.41) is 0.705. The maximum Gasteiger partial charge on any atom is 0.264 e. The second-order valence-corrected chi connectivity index (χ2v) is 11.0. The van der Waals surface area contributed by atoms with E-state index in [1.165, 1.54) is 24.2 Å². The molecule has 1 aliphatic rings. The maximum atomic E-state index is 14.1. The first kappa shape index (κ1) is 22.8. The van der Waals surface area contributed by atoms with Crippen molar-refractivity contribution in [2.75, 3.05) is 17.8 Å². The van der Waals surface area contributed by atoms with E-state index in [2.05, 4.69) is 20.7 Å². The molecule has 0 radical (unpaired) electrons. The number of rotatable bonds is 6. The molecule has 1 N–H and O–H groups in total. The number of nitrogens with zero attached hydrogens (tertiary/aromatic N) is 3. The highest BCUT2D eigenvalue weighted by Gasteiger charge is 2.22. The van der Waals surface area contributed by atoms with Crippen molar-refractivity contribution in [1.82, 2.24) is 14.9 Å². The van der Waals surface area contributed by atoms with Crippen LogP contribution in [-0.4, -0.2) is 36.4 Å². The van der Waals surface area contributed by atoms with Gasteiger partial charge in [0.2, 0.25) is 0 Å². The third-order valence-electron chi connectivity index (χ3n) is 5.90. The summed E-state index contributed by atoms with van der Waals surface area (Å²) >= 11 is 1.42. The lowest BCUT2D eigenvalue weighted by atomic mass is 10.1. The van der Waals surface area contributed by atoms with Crippen LogP contribution >= 0.6 is 11.3 Å². The predicted molar refractivity (Wildman–Crippen MR) is 129 cm³/mol. The van der Waals surface area contributed by atoms with Crippen molar-refractivity contribution in [1.29, 1.82) is 0 Å². The second kappa shape index (κ2) is 9.01. The van der Waals surface area contributed by atoms with Gasteiger partial charge in [0.25, 0.3) is 10.0 Å². The number of fused-ring (bicyclic) bond motifs is 1. The van der Waals surface area contributed by atoms with E-state index in [0.717, 1.165) is 53.2 Å². The summed E-state index contributed by atoms with van der Waals surface area (Å²) in [4.78, 5) is 11.8. The molecule has 2 aromatic carbocycles. The van der Waals surface area contributed by atoms with Crippen LogP contribution in [0.4, 0.5) is 14.5 Å². The summed E-state index contributed by atoms with van der Waals surface area (Å²) in [6.45, 7) is 4.81. The zero-order valence-corrected chi connectivity index (χ0v) is 20.0. The highest BCUT2D eigenvalue weighted by Crippen LogP contribution is 2.35. The molecule has 0 saturated carbocycles. The number of anilines is 1. The second-order valence-electron chi connectivity index (χ2n) is 8.33. The fourth-order valence-electron chi connectivity index (χ4n) is 4.13. The SMILES string of the molecule is Cc1c(NS(=O)(=O)c2cc(F)ccc2F)cccc1-c1nc2cc(CN3CCCC3)cnc2s1. The van der Waals surface area contributed by atoms with Crippen LogP contribution in [0, 0.1) is 18.6 Å². The van der Waals surface area contributed by atoms with Gasteiger partial charge in [-0.25, -0.2) is 27.2 Å². The van der Waals surface area contributed by atoms with Gasteiger partial charge >= 0.3 is 0 Å². The molecule has 0 bridgehead atoms. The van der Waals surface area contributed by atoms with Gasteiger partial charge in [0.1, 0.15) is 31.9 Å². The van der Waals surface area contributed by atoms with Crippen molar-refractivity contribution < 1.29 is 17.2 Å². The van der Waals surface area contributed by atoms with Crippen LogP contribution in [0.25, 0.3) is 20.9 Å². The number of nitrogens with one attached hydrogen (secondary N) is 1. The number of hydrogen-bond acceptors (Lipinski definition) is 6. The Morgan fingerprint density at radius 2 is 1.91 bits per heavy atom. The molecule has 0 spiro atoms. The van der Waals surface area contributed by atoms with Crippen LogP contribution in [0.3, 0.4) is 0 Å². The normalized spacial score (nSPS) is 14.7. The van der Waals surface area contributed by atoms with Gasteiger partial charge in [-0.15, -0.1) is 0 Å². The number of pyridine rings is 1. The van der Waals surface area contributed by atoms with Crippen LogP contribution in [0.5, 0.6) is 0 Å². The predicted octanol–water partition coefficient (Wildman–Crippen LogP) is 5.34. The summed E-state index contributed by atoms with van der Waals surface area (Å²) in [7, 11) is -4.33. The molecule has 5 rings (SSSR count). The molecule has 1 fully saturated rings. The van der Waals surface area contributed by atoms with E-state index < -0.39 is 26.6 Å². The molecule has 176 valence electrons. The lowest BCUT2D eigenvalue weighted by molar-refractivity contribution is 0.331. The summed E-state index contributed by atoms with van der Waals surface area (Å²) in [6.07, 6.45) is 4.33. The van der Waals surface area contributed by atoms with Crippen LogP contribution in [0.1, 0.15) is 24.0 Å². The lowest BCUT2D eigenvalue weighted by Crippen LogP contribution is -2.18. The molecule has 6 nitrogen and oxygen atoms in total. The van der Waals surface area contributed by atoms with E-state index in [1.54, 1.807) is 19.1 Å². The number of hydrogen-bond donors (Lipinski definition) is 1. The minimum atomic E-state index is -4.33. The van der Waals surface area contributed by atoms with Crippen molar-refractivity contribution in [3.05, 3.63) is 71.4 Å². The Morgan fingerprint density at radius 3 is 2.71 bits per heavy atom. The molecular formula is C24H22F2N4O2S2. The minimum absolute atomic E-state index is 0.267. The smallest absolute Gasteiger partial charge is 0.264 e. The van der Waals surface area contributed by atoms with Crippen molar-refractivity contribution in [3.63, 3.8) is 0 Å². The Bertz CT molecular complexity index is 1480. The number of thiazole rings is 1. The summed E-state index contributed by atoms with van der Waals surface area (Å²) in [5.41, 5.74) is 3.54. The molecule has 1 aliphatic heterocycles. The van der Waals surface area contributed by atoms with Gasteiger partial charge in [-0.1, -0.05) is 23.5 Å². The molecule has 4 aromatic rings. The van der Waals surface area contributed by atoms with Gasteiger partial charge in [0, 0.05) is 18.3 Å². The van der Waals surface area contributed by atoms with E-state index in [1.807, 2.05) is 12.3 Å². The first-order chi connectivity index (χ1) is 16.3. The van der Waals surface area contributed by atoms with Crippen LogP contribution in [0.15, 0.2) is 53.6 Å². The van der Waals surface area contributed by atoms with E-state index >= 15 is 0 Å². The first-order valence-corrected chi connectivity index (χ1v) is 13.2. The summed E-state index contributed by atoms with van der Waals surface area (Å²) in [6, 6.07) is 9.49. The van der Waals surface area contributed by atoms with Crippen molar-refractivity contribution in [2.45, 2.75) is 31.2 Å². The molecule has 34 heavy (non-hydrogen) atoms. The van der Waals surface area contributed by atoms with Crippen LogP contribution in [-0.2, 0) is 16.6 Å². The van der Waals surface area contributed by atoms with Crippen molar-refractivity contribution in [2.24, 2.45) is 0 Å². The van der Waals surface area contributed by atoms with Gasteiger partial charge in [0.15, 0.2) is 0 Å². The van der Waals surface area contributed by atoms with Gasteiger partial charge in [0.05, 0.1) is 5.69 Å². The highest BCUT2D eigenvalue weighted by atomic mass is 32.2. The number of sulfonamides is 1. The van der Waals surface area contributed by atoms with Gasteiger partial charge in [-0.3, -0.25) is 9.62 Å². The Morgan fingerprint density at radius 1 is 1.12 bits per heavy atom. The molecule has 3 heterocycles. The van der Waals surface area contributed by atoms with E-state index in [9.17, 15) is 17.2 Å². The molecule has 0 unspecified atom stereocenters. The molecular weight excluding hydrogens is 478 g/mol. The zero-order valence-electron chi connectivity index (χ0n) is 18.4. The van der Waals surface area contributed by atoms with Gasteiger partial charge < -0.3 is 0 Å². The van der Waals surface area contributed by atoms with E-state index in [-0.39, 0.29) is 5.69 Å². The molecule has 0 aliphatic carbocycles. The zero-order chi connectivity index (χ0) is 23.9.